The number of piperidine rings is 1. The molecule has 130 valence electrons. The fraction of sp³-hybridized carbons (Fsp3) is 0.364. The van der Waals surface area contributed by atoms with Crippen LogP contribution in [0.5, 0.6) is 0 Å². The van der Waals surface area contributed by atoms with Crippen molar-refractivity contribution in [1.82, 2.24) is 4.90 Å². The van der Waals surface area contributed by atoms with Gasteiger partial charge in [0.2, 0.25) is 5.91 Å². The molecule has 1 aliphatic heterocycles. The summed E-state index contributed by atoms with van der Waals surface area (Å²) in [6.45, 7) is 6.88. The molecule has 1 heterocycles. The minimum atomic E-state index is -0.557. The third kappa shape index (κ3) is 3.81. The van der Waals surface area contributed by atoms with Crippen molar-refractivity contribution >= 4 is 17.3 Å². The number of hydrogen-bond donors (Lipinski definition) is 0. The molecule has 0 aromatic heterocycles. The zero-order valence-electron chi connectivity index (χ0n) is 15.3. The van der Waals surface area contributed by atoms with E-state index in [0.717, 1.165) is 30.8 Å². The second-order valence-corrected chi connectivity index (χ2v) is 7.31. The highest BCUT2D eigenvalue weighted by atomic mass is 16.2. The standard InChI is InChI=1S/C22H26N2O/c1-17-16-20(23-19-12-8-5-9-13-19)22(2,3)21(25)24(17)15-14-18-10-6-4-7-11-18/h4-13,17H,14-16H2,1-3H3. The van der Waals surface area contributed by atoms with E-state index in [4.69, 9.17) is 4.99 Å². The van der Waals surface area contributed by atoms with Gasteiger partial charge in [0, 0.05) is 24.7 Å². The topological polar surface area (TPSA) is 32.7 Å². The molecule has 3 heteroatoms. The largest absolute Gasteiger partial charge is 0.338 e. The van der Waals surface area contributed by atoms with E-state index < -0.39 is 5.41 Å². The molecule has 0 aliphatic carbocycles. The summed E-state index contributed by atoms with van der Waals surface area (Å²) < 4.78 is 0. The molecule has 1 saturated heterocycles. The van der Waals surface area contributed by atoms with Crippen LogP contribution in [-0.4, -0.2) is 29.1 Å². The Morgan fingerprint density at radius 3 is 2.28 bits per heavy atom. The van der Waals surface area contributed by atoms with E-state index in [1.807, 2.05) is 67.3 Å². The van der Waals surface area contributed by atoms with E-state index in [1.54, 1.807) is 0 Å². The fourth-order valence-electron chi connectivity index (χ4n) is 3.39. The number of likely N-dealkylation sites (tertiary alicyclic amines) is 1. The fourth-order valence-corrected chi connectivity index (χ4v) is 3.39. The zero-order valence-corrected chi connectivity index (χ0v) is 15.3. The van der Waals surface area contributed by atoms with Crippen molar-refractivity contribution < 1.29 is 4.79 Å². The van der Waals surface area contributed by atoms with E-state index in [0.29, 0.717) is 0 Å². The van der Waals surface area contributed by atoms with Crippen molar-refractivity contribution in [2.45, 2.75) is 39.7 Å². The number of para-hydroxylation sites is 1. The van der Waals surface area contributed by atoms with Crippen molar-refractivity contribution in [2.24, 2.45) is 10.4 Å². The van der Waals surface area contributed by atoms with E-state index in [2.05, 4.69) is 19.1 Å². The summed E-state index contributed by atoms with van der Waals surface area (Å²) in [5.74, 6) is 0.178. The number of hydrogen-bond acceptors (Lipinski definition) is 2. The summed E-state index contributed by atoms with van der Waals surface area (Å²) in [5.41, 5.74) is 2.61. The monoisotopic (exact) mass is 334 g/mol. The SMILES string of the molecule is CC1CC(=Nc2ccccc2)C(C)(C)C(=O)N1CCc1ccccc1. The summed E-state index contributed by atoms with van der Waals surface area (Å²) in [6, 6.07) is 20.4. The Morgan fingerprint density at radius 1 is 1.04 bits per heavy atom. The molecule has 1 atom stereocenters. The van der Waals surface area contributed by atoms with Crippen LogP contribution in [-0.2, 0) is 11.2 Å². The van der Waals surface area contributed by atoms with Gasteiger partial charge in [-0.25, -0.2) is 0 Å². The highest BCUT2D eigenvalue weighted by Gasteiger charge is 2.43. The number of rotatable bonds is 4. The molecule has 1 fully saturated rings. The van der Waals surface area contributed by atoms with Gasteiger partial charge in [-0.3, -0.25) is 9.79 Å². The van der Waals surface area contributed by atoms with Crippen LogP contribution in [0, 0.1) is 5.41 Å². The zero-order chi connectivity index (χ0) is 17.9. The average Bonchev–Trinajstić information content (AvgIpc) is 2.62. The van der Waals surface area contributed by atoms with Gasteiger partial charge in [0.05, 0.1) is 11.1 Å². The quantitative estimate of drug-likeness (QED) is 0.801. The predicted molar refractivity (Wildman–Crippen MR) is 103 cm³/mol. The van der Waals surface area contributed by atoms with Crippen molar-refractivity contribution in [3.05, 3.63) is 66.2 Å². The molecule has 2 aromatic rings. The highest BCUT2D eigenvalue weighted by molar-refractivity contribution is 6.11. The Kier molecular flexibility index (Phi) is 5.03. The third-order valence-electron chi connectivity index (χ3n) is 5.04. The maximum atomic E-state index is 13.1. The van der Waals surface area contributed by atoms with Crippen LogP contribution in [0.3, 0.4) is 0 Å². The van der Waals surface area contributed by atoms with Gasteiger partial charge in [0.15, 0.2) is 0 Å². The first-order valence-corrected chi connectivity index (χ1v) is 8.96. The molecule has 0 N–H and O–H groups in total. The smallest absolute Gasteiger partial charge is 0.234 e. The number of amides is 1. The number of benzene rings is 2. The maximum absolute atomic E-state index is 13.1. The lowest BCUT2D eigenvalue weighted by atomic mass is 9.78. The molecule has 1 unspecified atom stereocenters. The van der Waals surface area contributed by atoms with Crippen LogP contribution in [0.15, 0.2) is 65.7 Å². The first kappa shape index (κ1) is 17.4. The van der Waals surface area contributed by atoms with Crippen LogP contribution >= 0.6 is 0 Å². The van der Waals surface area contributed by atoms with E-state index in [9.17, 15) is 4.79 Å². The lowest BCUT2D eigenvalue weighted by Crippen LogP contribution is -2.55. The van der Waals surface area contributed by atoms with Gasteiger partial charge in [-0.1, -0.05) is 48.5 Å². The Hall–Kier alpha value is -2.42. The van der Waals surface area contributed by atoms with Crippen LogP contribution in [0.4, 0.5) is 5.69 Å². The molecular formula is C22H26N2O. The summed E-state index contributed by atoms with van der Waals surface area (Å²) >= 11 is 0. The Bertz CT molecular complexity index is 750. The predicted octanol–water partition coefficient (Wildman–Crippen LogP) is 4.65. The minimum absolute atomic E-state index is 0.173. The second-order valence-electron chi connectivity index (χ2n) is 7.31. The van der Waals surface area contributed by atoms with E-state index >= 15 is 0 Å². The third-order valence-corrected chi connectivity index (χ3v) is 5.04. The molecule has 3 rings (SSSR count). The second kappa shape index (κ2) is 7.22. The van der Waals surface area contributed by atoms with Crippen LogP contribution in [0.25, 0.3) is 0 Å². The maximum Gasteiger partial charge on any atom is 0.234 e. The summed E-state index contributed by atoms with van der Waals surface area (Å²) in [7, 11) is 0. The van der Waals surface area contributed by atoms with E-state index in [1.165, 1.54) is 5.56 Å². The first-order chi connectivity index (χ1) is 12.0. The number of carbonyl (C=O) groups is 1. The Morgan fingerprint density at radius 2 is 1.64 bits per heavy atom. The molecule has 0 spiro atoms. The number of aliphatic imine (C=N–C) groups is 1. The molecule has 3 nitrogen and oxygen atoms in total. The molecule has 0 radical (unpaired) electrons. The van der Waals surface area contributed by atoms with Gasteiger partial charge in [-0.2, -0.15) is 0 Å². The van der Waals surface area contributed by atoms with Crippen molar-refractivity contribution in [3.63, 3.8) is 0 Å². The minimum Gasteiger partial charge on any atom is -0.338 e. The Labute approximate surface area is 150 Å². The molecular weight excluding hydrogens is 308 g/mol. The summed E-state index contributed by atoms with van der Waals surface area (Å²) in [5, 5.41) is 0. The highest BCUT2D eigenvalue weighted by Crippen LogP contribution is 2.33. The van der Waals surface area contributed by atoms with Gasteiger partial charge in [0.25, 0.3) is 0 Å². The van der Waals surface area contributed by atoms with Gasteiger partial charge in [-0.05, 0) is 44.9 Å². The van der Waals surface area contributed by atoms with Crippen molar-refractivity contribution in [1.29, 1.82) is 0 Å². The van der Waals surface area contributed by atoms with Gasteiger partial charge in [-0.15, -0.1) is 0 Å². The first-order valence-electron chi connectivity index (χ1n) is 8.96. The Balaban J connectivity index is 1.77. The summed E-state index contributed by atoms with van der Waals surface area (Å²) in [4.78, 5) is 19.9. The number of carbonyl (C=O) groups excluding carboxylic acids is 1. The number of nitrogens with zero attached hydrogens (tertiary/aromatic N) is 2. The van der Waals surface area contributed by atoms with Gasteiger partial charge in [0.1, 0.15) is 0 Å². The molecule has 1 amide bonds. The molecule has 1 aliphatic rings. The normalized spacial score (nSPS) is 21.6. The van der Waals surface area contributed by atoms with Crippen LogP contribution < -0.4 is 0 Å². The van der Waals surface area contributed by atoms with Gasteiger partial charge >= 0.3 is 0 Å². The summed E-state index contributed by atoms with van der Waals surface area (Å²) in [6.07, 6.45) is 1.71. The van der Waals surface area contributed by atoms with Crippen LogP contribution in [0.1, 0.15) is 32.8 Å². The lowest BCUT2D eigenvalue weighted by Gasteiger charge is -2.42. The van der Waals surface area contributed by atoms with E-state index in [-0.39, 0.29) is 11.9 Å². The molecule has 0 saturated carbocycles. The van der Waals surface area contributed by atoms with Gasteiger partial charge < -0.3 is 4.90 Å². The van der Waals surface area contributed by atoms with Crippen molar-refractivity contribution in [3.8, 4) is 0 Å². The lowest BCUT2D eigenvalue weighted by molar-refractivity contribution is -0.140. The van der Waals surface area contributed by atoms with Crippen molar-refractivity contribution in [2.75, 3.05) is 6.54 Å². The van der Waals surface area contributed by atoms with Crippen LogP contribution in [0.2, 0.25) is 0 Å². The molecule has 0 bridgehead atoms. The average molecular weight is 334 g/mol. The molecule has 25 heavy (non-hydrogen) atoms. The molecule has 2 aromatic carbocycles.